The molecule has 0 bridgehead atoms. The monoisotopic (exact) mass is 258 g/mol. The molecule has 5 nitrogen and oxygen atoms in total. The lowest BCUT2D eigenvalue weighted by molar-refractivity contribution is 0.228. The summed E-state index contributed by atoms with van der Waals surface area (Å²) in [6, 6.07) is 4.45. The number of aliphatic hydroxyl groups is 1. The van der Waals surface area contributed by atoms with Gasteiger partial charge in [-0.3, -0.25) is 0 Å². The molecule has 1 unspecified atom stereocenters. The lowest BCUT2D eigenvalue weighted by Crippen LogP contribution is -2.07. The molecule has 0 aliphatic rings. The Balaban J connectivity index is 3.14. The fraction of sp³-hybridized carbons (Fsp3) is 0.273. The van der Waals surface area contributed by atoms with Crippen LogP contribution in [0, 0.1) is 0 Å². The molecule has 0 heterocycles. The largest absolute Gasteiger partial charge is 0.493 e. The van der Waals surface area contributed by atoms with Crippen LogP contribution in [0.4, 0.5) is 0 Å². The average Bonchev–Trinajstić information content (AvgIpc) is 2.26. The molecule has 1 aromatic carbocycles. The lowest BCUT2D eigenvalue weighted by atomic mass is 10.1. The molecule has 94 valence electrons. The Labute approximate surface area is 100 Å². The van der Waals surface area contributed by atoms with Crippen LogP contribution in [0.25, 0.3) is 0 Å². The smallest absolute Gasteiger partial charge is 0.306 e. The molecule has 0 amide bonds. The van der Waals surface area contributed by atoms with Gasteiger partial charge in [0.05, 0.1) is 19.5 Å². The van der Waals surface area contributed by atoms with Crippen molar-refractivity contribution in [1.82, 2.24) is 0 Å². The van der Waals surface area contributed by atoms with Crippen LogP contribution in [-0.2, 0) is 10.1 Å². The van der Waals surface area contributed by atoms with Gasteiger partial charge in [-0.1, -0.05) is 12.1 Å². The third kappa shape index (κ3) is 3.76. The fourth-order valence-corrected chi connectivity index (χ4v) is 1.70. The highest BCUT2D eigenvalue weighted by molar-refractivity contribution is 7.86. The first kappa shape index (κ1) is 13.5. The molecule has 0 aliphatic heterocycles. The van der Waals surface area contributed by atoms with Crippen molar-refractivity contribution in [2.45, 2.75) is 6.10 Å². The molecule has 0 saturated heterocycles. The van der Waals surface area contributed by atoms with Crippen LogP contribution in [0.5, 0.6) is 11.5 Å². The SMILES string of the molecule is C=CC(O)c1ccc(OS(C)(=O)=O)c(OC)c1. The van der Waals surface area contributed by atoms with Gasteiger partial charge in [-0.05, 0) is 17.7 Å². The van der Waals surface area contributed by atoms with Gasteiger partial charge >= 0.3 is 10.1 Å². The summed E-state index contributed by atoms with van der Waals surface area (Å²) in [5.74, 6) is 0.309. The normalized spacial score (nSPS) is 12.9. The minimum absolute atomic E-state index is 0.0787. The molecule has 17 heavy (non-hydrogen) atoms. The molecule has 0 saturated carbocycles. The summed E-state index contributed by atoms with van der Waals surface area (Å²) in [5.41, 5.74) is 0.540. The van der Waals surface area contributed by atoms with Crippen molar-refractivity contribution in [2.75, 3.05) is 13.4 Å². The molecular formula is C11H14O5S. The van der Waals surface area contributed by atoms with Crippen molar-refractivity contribution < 1.29 is 22.4 Å². The first-order valence-corrected chi connectivity index (χ1v) is 6.57. The summed E-state index contributed by atoms with van der Waals surface area (Å²) in [6.45, 7) is 3.46. The molecule has 0 radical (unpaired) electrons. The highest BCUT2D eigenvalue weighted by Gasteiger charge is 2.13. The summed E-state index contributed by atoms with van der Waals surface area (Å²) < 4.78 is 31.7. The van der Waals surface area contributed by atoms with Crippen LogP contribution < -0.4 is 8.92 Å². The van der Waals surface area contributed by atoms with E-state index in [4.69, 9.17) is 8.92 Å². The third-order valence-electron chi connectivity index (χ3n) is 1.99. The second-order valence-corrected chi connectivity index (χ2v) is 4.95. The van der Waals surface area contributed by atoms with Crippen molar-refractivity contribution in [3.63, 3.8) is 0 Å². The quantitative estimate of drug-likeness (QED) is 0.635. The molecule has 1 aromatic rings. The Bertz CT molecular complexity index is 507. The van der Waals surface area contributed by atoms with Gasteiger partial charge in [0.25, 0.3) is 0 Å². The van der Waals surface area contributed by atoms with Crippen molar-refractivity contribution in [3.8, 4) is 11.5 Å². The third-order valence-corrected chi connectivity index (χ3v) is 2.48. The molecule has 1 rings (SSSR count). The van der Waals surface area contributed by atoms with Gasteiger partial charge in [-0.15, -0.1) is 6.58 Å². The lowest BCUT2D eigenvalue weighted by Gasteiger charge is -2.12. The Morgan fingerprint density at radius 1 is 1.41 bits per heavy atom. The molecule has 1 atom stereocenters. The molecule has 0 spiro atoms. The van der Waals surface area contributed by atoms with Gasteiger partial charge in [0, 0.05) is 0 Å². The first-order chi connectivity index (χ1) is 7.87. The Morgan fingerprint density at radius 3 is 2.53 bits per heavy atom. The van der Waals surface area contributed by atoms with Crippen molar-refractivity contribution in [1.29, 1.82) is 0 Å². The number of methoxy groups -OCH3 is 1. The van der Waals surface area contributed by atoms with Gasteiger partial charge in [-0.25, -0.2) is 0 Å². The molecule has 6 heteroatoms. The van der Waals surface area contributed by atoms with Crippen LogP contribution >= 0.6 is 0 Å². The van der Waals surface area contributed by atoms with Crippen LogP contribution in [0.1, 0.15) is 11.7 Å². The van der Waals surface area contributed by atoms with E-state index in [2.05, 4.69) is 6.58 Å². The maximum absolute atomic E-state index is 11.0. The number of rotatable bonds is 5. The van der Waals surface area contributed by atoms with Crippen LogP contribution in [0.2, 0.25) is 0 Å². The standard InChI is InChI=1S/C11H14O5S/c1-4-9(12)8-5-6-10(11(7-8)15-2)16-17(3,13)14/h4-7,9,12H,1H2,2-3H3. The van der Waals surface area contributed by atoms with Gasteiger partial charge in [-0.2, -0.15) is 8.42 Å². The van der Waals surface area contributed by atoms with Crippen molar-refractivity contribution >= 4 is 10.1 Å². The van der Waals surface area contributed by atoms with E-state index in [1.807, 2.05) is 0 Å². The minimum atomic E-state index is -3.61. The number of hydrogen-bond acceptors (Lipinski definition) is 5. The summed E-state index contributed by atoms with van der Waals surface area (Å²) in [7, 11) is -2.23. The van der Waals surface area contributed by atoms with E-state index in [1.54, 1.807) is 0 Å². The van der Waals surface area contributed by atoms with Crippen molar-refractivity contribution in [2.24, 2.45) is 0 Å². The zero-order valence-corrected chi connectivity index (χ0v) is 10.4. The summed E-state index contributed by atoms with van der Waals surface area (Å²) in [4.78, 5) is 0. The van der Waals surface area contributed by atoms with E-state index < -0.39 is 16.2 Å². The highest BCUT2D eigenvalue weighted by Crippen LogP contribution is 2.31. The second kappa shape index (κ2) is 5.20. The molecular weight excluding hydrogens is 244 g/mol. The maximum atomic E-state index is 11.0. The Morgan fingerprint density at radius 2 is 2.06 bits per heavy atom. The van der Waals surface area contributed by atoms with Gasteiger partial charge in [0.15, 0.2) is 11.5 Å². The zero-order chi connectivity index (χ0) is 13.1. The van der Waals surface area contributed by atoms with Gasteiger partial charge < -0.3 is 14.0 Å². The van der Waals surface area contributed by atoms with E-state index in [1.165, 1.54) is 31.4 Å². The van der Waals surface area contributed by atoms with Gasteiger partial charge in [0.2, 0.25) is 0 Å². The minimum Gasteiger partial charge on any atom is -0.493 e. The van der Waals surface area contributed by atoms with Crippen LogP contribution in [0.3, 0.4) is 0 Å². The van der Waals surface area contributed by atoms with E-state index in [9.17, 15) is 13.5 Å². The first-order valence-electron chi connectivity index (χ1n) is 4.75. The summed E-state index contributed by atoms with van der Waals surface area (Å²) >= 11 is 0. The molecule has 0 fully saturated rings. The highest BCUT2D eigenvalue weighted by atomic mass is 32.2. The number of benzene rings is 1. The summed E-state index contributed by atoms with van der Waals surface area (Å²) in [5, 5.41) is 9.54. The van der Waals surface area contributed by atoms with E-state index in [0.29, 0.717) is 5.56 Å². The van der Waals surface area contributed by atoms with Crippen LogP contribution in [-0.4, -0.2) is 26.9 Å². The molecule has 1 N–H and O–H groups in total. The number of hydrogen-bond donors (Lipinski definition) is 1. The number of aliphatic hydroxyl groups excluding tert-OH is 1. The van der Waals surface area contributed by atoms with Crippen molar-refractivity contribution in [3.05, 3.63) is 36.4 Å². The maximum Gasteiger partial charge on any atom is 0.306 e. The van der Waals surface area contributed by atoms with E-state index in [-0.39, 0.29) is 11.5 Å². The van der Waals surface area contributed by atoms with E-state index >= 15 is 0 Å². The summed E-state index contributed by atoms with van der Waals surface area (Å²) in [6.07, 6.45) is 1.46. The Hall–Kier alpha value is -1.53. The topological polar surface area (TPSA) is 72.8 Å². The van der Waals surface area contributed by atoms with Crippen LogP contribution in [0.15, 0.2) is 30.9 Å². The second-order valence-electron chi connectivity index (χ2n) is 3.38. The molecule has 0 aromatic heterocycles. The van der Waals surface area contributed by atoms with E-state index in [0.717, 1.165) is 6.26 Å². The number of ether oxygens (including phenoxy) is 1. The fourth-order valence-electron chi connectivity index (χ4n) is 1.24. The van der Waals surface area contributed by atoms with Gasteiger partial charge in [0.1, 0.15) is 0 Å². The zero-order valence-electron chi connectivity index (χ0n) is 9.58. The molecule has 0 aliphatic carbocycles. The predicted molar refractivity (Wildman–Crippen MR) is 63.6 cm³/mol. The Kier molecular flexibility index (Phi) is 4.14. The average molecular weight is 258 g/mol. The predicted octanol–water partition coefficient (Wildman–Crippen LogP) is 1.25.